The number of sulfonamides is 1. The molecule has 120 valence electrons. The quantitative estimate of drug-likeness (QED) is 0.616. The van der Waals surface area contributed by atoms with Gasteiger partial charge in [0, 0.05) is 5.56 Å². The molecule has 2 aromatic carbocycles. The molecular formula is C15H14N2O5S. The highest BCUT2D eigenvalue weighted by molar-refractivity contribution is 7.89. The molecule has 0 saturated carbocycles. The first-order valence-corrected chi connectivity index (χ1v) is 8.08. The van der Waals surface area contributed by atoms with Gasteiger partial charge in [0.1, 0.15) is 12.3 Å². The van der Waals surface area contributed by atoms with Crippen LogP contribution in [0.4, 0.5) is 0 Å². The Morgan fingerprint density at radius 2 is 1.61 bits per heavy atom. The summed E-state index contributed by atoms with van der Waals surface area (Å²) < 4.78 is 27.2. The molecule has 2 aromatic rings. The molecule has 2 rings (SSSR count). The number of nitrogens with one attached hydrogen (secondary N) is 1. The first kappa shape index (κ1) is 16.7. The fourth-order valence-corrected chi connectivity index (χ4v) is 2.22. The second-order valence-corrected chi connectivity index (χ2v) is 6.10. The number of hydrogen-bond donors (Lipinski definition) is 2. The molecule has 0 spiro atoms. The Balaban J connectivity index is 1.89. The van der Waals surface area contributed by atoms with Crippen molar-refractivity contribution in [1.29, 1.82) is 0 Å². The van der Waals surface area contributed by atoms with E-state index >= 15 is 0 Å². The minimum atomic E-state index is -3.80. The predicted octanol–water partition coefficient (Wildman–Crippen LogP) is 0.669. The molecule has 0 aliphatic heterocycles. The number of rotatable bonds is 5. The van der Waals surface area contributed by atoms with Crippen molar-refractivity contribution in [1.82, 2.24) is 5.32 Å². The number of esters is 1. The lowest BCUT2D eigenvalue weighted by Crippen LogP contribution is -2.31. The number of ether oxygens (including phenoxy) is 1. The van der Waals surface area contributed by atoms with Crippen LogP contribution in [0.15, 0.2) is 59.5 Å². The first-order chi connectivity index (χ1) is 10.9. The van der Waals surface area contributed by atoms with E-state index in [4.69, 9.17) is 9.88 Å². The van der Waals surface area contributed by atoms with Crippen LogP contribution in [0.5, 0.6) is 5.75 Å². The van der Waals surface area contributed by atoms with Crippen LogP contribution in [-0.2, 0) is 14.8 Å². The summed E-state index contributed by atoms with van der Waals surface area (Å²) in [7, 11) is -3.80. The zero-order chi connectivity index (χ0) is 16.9. The van der Waals surface area contributed by atoms with Gasteiger partial charge in [-0.25, -0.2) is 18.4 Å². The number of nitrogens with two attached hydrogens (primary N) is 1. The summed E-state index contributed by atoms with van der Waals surface area (Å²) in [6.07, 6.45) is 0. The van der Waals surface area contributed by atoms with Gasteiger partial charge in [0.2, 0.25) is 10.0 Å². The van der Waals surface area contributed by atoms with Crippen LogP contribution in [0.2, 0.25) is 0 Å². The zero-order valence-electron chi connectivity index (χ0n) is 11.9. The predicted molar refractivity (Wildman–Crippen MR) is 82.2 cm³/mol. The molecule has 0 saturated heterocycles. The Morgan fingerprint density at radius 1 is 1.00 bits per heavy atom. The summed E-state index contributed by atoms with van der Waals surface area (Å²) in [6, 6.07) is 13.5. The van der Waals surface area contributed by atoms with Crippen molar-refractivity contribution < 1.29 is 22.7 Å². The van der Waals surface area contributed by atoms with Crippen molar-refractivity contribution in [2.45, 2.75) is 4.90 Å². The molecule has 0 bridgehead atoms. The van der Waals surface area contributed by atoms with E-state index < -0.39 is 21.9 Å². The average molecular weight is 334 g/mol. The van der Waals surface area contributed by atoms with Crippen LogP contribution in [0, 0.1) is 0 Å². The van der Waals surface area contributed by atoms with Crippen molar-refractivity contribution in [3.05, 3.63) is 60.2 Å². The minimum Gasteiger partial charge on any atom is -0.425 e. The Hall–Kier alpha value is -2.71. The van der Waals surface area contributed by atoms with Crippen LogP contribution in [0.3, 0.4) is 0 Å². The maximum Gasteiger partial charge on any atom is 0.330 e. The van der Waals surface area contributed by atoms with E-state index in [1.165, 1.54) is 24.3 Å². The third-order valence-electron chi connectivity index (χ3n) is 2.81. The van der Waals surface area contributed by atoms with Gasteiger partial charge in [0.25, 0.3) is 5.91 Å². The Morgan fingerprint density at radius 3 is 2.17 bits per heavy atom. The third kappa shape index (κ3) is 4.90. The Kier molecular flexibility index (Phi) is 5.09. The SMILES string of the molecule is NS(=O)(=O)c1ccc(OC(=O)CNC(=O)c2ccccc2)cc1. The number of primary sulfonamides is 1. The van der Waals surface area contributed by atoms with Crippen molar-refractivity contribution in [2.24, 2.45) is 5.14 Å². The molecule has 3 N–H and O–H groups in total. The van der Waals surface area contributed by atoms with Crippen LogP contribution in [0.25, 0.3) is 0 Å². The molecule has 1 amide bonds. The summed E-state index contributed by atoms with van der Waals surface area (Å²) in [5.41, 5.74) is 0.429. The largest absolute Gasteiger partial charge is 0.425 e. The van der Waals surface area contributed by atoms with E-state index in [2.05, 4.69) is 5.32 Å². The highest BCUT2D eigenvalue weighted by Crippen LogP contribution is 2.14. The van der Waals surface area contributed by atoms with Gasteiger partial charge in [-0.2, -0.15) is 0 Å². The van der Waals surface area contributed by atoms with Gasteiger partial charge < -0.3 is 10.1 Å². The number of amides is 1. The van der Waals surface area contributed by atoms with E-state index in [1.807, 2.05) is 0 Å². The standard InChI is InChI=1S/C15H14N2O5S/c16-23(20,21)13-8-6-12(7-9-13)22-14(18)10-17-15(19)11-4-2-1-3-5-11/h1-9H,10H2,(H,17,19)(H2,16,20,21). The molecule has 0 heterocycles. The Labute approximate surface area is 133 Å². The summed E-state index contributed by atoms with van der Waals surface area (Å²) in [4.78, 5) is 23.3. The molecule has 23 heavy (non-hydrogen) atoms. The molecule has 0 radical (unpaired) electrons. The van der Waals surface area contributed by atoms with Gasteiger partial charge in [0.05, 0.1) is 4.90 Å². The van der Waals surface area contributed by atoms with Crippen molar-refractivity contribution >= 4 is 21.9 Å². The zero-order valence-corrected chi connectivity index (χ0v) is 12.7. The maximum absolute atomic E-state index is 11.8. The molecule has 0 aromatic heterocycles. The molecule has 0 unspecified atom stereocenters. The van der Waals surface area contributed by atoms with E-state index in [0.29, 0.717) is 5.56 Å². The van der Waals surface area contributed by atoms with Gasteiger partial charge in [-0.05, 0) is 36.4 Å². The van der Waals surface area contributed by atoms with Crippen LogP contribution < -0.4 is 15.2 Å². The average Bonchev–Trinajstić information content (AvgIpc) is 2.53. The molecule has 0 aliphatic rings. The molecule has 8 heteroatoms. The second kappa shape index (κ2) is 7.03. The first-order valence-electron chi connectivity index (χ1n) is 6.53. The lowest BCUT2D eigenvalue weighted by molar-refractivity contribution is -0.133. The van der Waals surface area contributed by atoms with E-state index in [-0.39, 0.29) is 17.2 Å². The number of benzene rings is 2. The van der Waals surface area contributed by atoms with Gasteiger partial charge >= 0.3 is 5.97 Å². The normalized spacial score (nSPS) is 10.8. The lowest BCUT2D eigenvalue weighted by atomic mass is 10.2. The lowest BCUT2D eigenvalue weighted by Gasteiger charge is -2.06. The van der Waals surface area contributed by atoms with Crippen LogP contribution in [0.1, 0.15) is 10.4 Å². The highest BCUT2D eigenvalue weighted by Gasteiger charge is 2.11. The van der Waals surface area contributed by atoms with E-state index in [0.717, 1.165) is 0 Å². The fraction of sp³-hybridized carbons (Fsp3) is 0.0667. The molecule has 0 aliphatic carbocycles. The molecular weight excluding hydrogens is 320 g/mol. The highest BCUT2D eigenvalue weighted by atomic mass is 32.2. The number of carbonyl (C=O) groups excluding carboxylic acids is 2. The van der Waals surface area contributed by atoms with Gasteiger partial charge in [-0.15, -0.1) is 0 Å². The van der Waals surface area contributed by atoms with Crippen LogP contribution >= 0.6 is 0 Å². The van der Waals surface area contributed by atoms with E-state index in [1.54, 1.807) is 30.3 Å². The summed E-state index contributed by atoms with van der Waals surface area (Å²) in [5, 5.41) is 7.39. The minimum absolute atomic E-state index is 0.0883. The molecule has 0 atom stereocenters. The number of hydrogen-bond acceptors (Lipinski definition) is 5. The van der Waals surface area contributed by atoms with Gasteiger partial charge in [0.15, 0.2) is 0 Å². The van der Waals surface area contributed by atoms with Gasteiger partial charge in [-0.1, -0.05) is 18.2 Å². The topological polar surface area (TPSA) is 116 Å². The third-order valence-corrected chi connectivity index (χ3v) is 3.74. The van der Waals surface area contributed by atoms with Crippen molar-refractivity contribution in [2.75, 3.05) is 6.54 Å². The summed E-state index contributed by atoms with van der Waals surface area (Å²) >= 11 is 0. The summed E-state index contributed by atoms with van der Waals surface area (Å²) in [5.74, 6) is -0.930. The fourth-order valence-electron chi connectivity index (χ4n) is 1.71. The molecule has 0 fully saturated rings. The van der Waals surface area contributed by atoms with Gasteiger partial charge in [-0.3, -0.25) is 4.79 Å². The van der Waals surface area contributed by atoms with Crippen LogP contribution in [-0.4, -0.2) is 26.8 Å². The summed E-state index contributed by atoms with van der Waals surface area (Å²) in [6.45, 7) is -0.315. The smallest absolute Gasteiger partial charge is 0.330 e. The molecule has 7 nitrogen and oxygen atoms in total. The second-order valence-electron chi connectivity index (χ2n) is 4.54. The number of carbonyl (C=O) groups is 2. The van der Waals surface area contributed by atoms with Crippen molar-refractivity contribution in [3.63, 3.8) is 0 Å². The van der Waals surface area contributed by atoms with E-state index in [9.17, 15) is 18.0 Å². The maximum atomic E-state index is 11.8. The van der Waals surface area contributed by atoms with Crippen molar-refractivity contribution in [3.8, 4) is 5.75 Å². The Bertz CT molecular complexity index is 802. The monoisotopic (exact) mass is 334 g/mol.